The van der Waals surface area contributed by atoms with E-state index in [0.717, 1.165) is 0 Å². The van der Waals surface area contributed by atoms with Crippen LogP contribution in [0.25, 0.3) is 11.2 Å². The van der Waals surface area contributed by atoms with Crippen LogP contribution < -0.4 is 5.56 Å². The number of aromatic amines is 1. The second kappa shape index (κ2) is 6.37. The number of fused-ring (bicyclic) bond motifs is 1. The molecule has 2 aromatic rings. The third-order valence-corrected chi connectivity index (χ3v) is 2.57. The van der Waals surface area contributed by atoms with E-state index in [4.69, 9.17) is 14.9 Å². The first kappa shape index (κ1) is 14.3. The van der Waals surface area contributed by atoms with Gasteiger partial charge < -0.3 is 14.9 Å². The molecule has 0 saturated carbocycles. The van der Waals surface area contributed by atoms with E-state index in [9.17, 15) is 4.79 Å². The smallest absolute Gasteiger partial charge is 0.280 e. The van der Waals surface area contributed by atoms with Crippen molar-refractivity contribution >= 4 is 23.3 Å². The fourth-order valence-electron chi connectivity index (χ4n) is 1.57. The van der Waals surface area contributed by atoms with Crippen LogP contribution in [-0.4, -0.2) is 55.3 Å². The van der Waals surface area contributed by atoms with E-state index in [1.165, 1.54) is 17.1 Å². The van der Waals surface area contributed by atoms with Crippen LogP contribution in [-0.2, 0) is 11.5 Å². The maximum absolute atomic E-state index is 11.8. The zero-order chi connectivity index (χ0) is 14.5. The highest BCUT2D eigenvalue weighted by Gasteiger charge is 2.12. The first-order valence-electron chi connectivity index (χ1n) is 5.96. The average Bonchev–Trinajstić information content (AvgIpc) is 2.84. The van der Waals surface area contributed by atoms with Gasteiger partial charge in [0.05, 0.1) is 19.5 Å². The van der Waals surface area contributed by atoms with Crippen LogP contribution in [0.2, 0.25) is 0 Å². The van der Waals surface area contributed by atoms with Crippen LogP contribution in [0.3, 0.4) is 0 Å². The molecule has 0 radical (unpaired) electrons. The van der Waals surface area contributed by atoms with Crippen molar-refractivity contribution in [2.24, 2.45) is 4.99 Å². The Balaban J connectivity index is 2.32. The average molecular weight is 281 g/mol. The molecule has 0 spiro atoms. The van der Waals surface area contributed by atoms with Crippen LogP contribution >= 0.6 is 0 Å². The van der Waals surface area contributed by atoms with Gasteiger partial charge in [-0.1, -0.05) is 0 Å². The number of imidazole rings is 1. The molecular formula is C11H15N5O4. The number of hydrogen-bond donors (Lipinski definition) is 3. The minimum Gasteiger partial charge on any atom is -0.394 e. The highest BCUT2D eigenvalue weighted by molar-refractivity contribution is 5.71. The monoisotopic (exact) mass is 281 g/mol. The van der Waals surface area contributed by atoms with E-state index < -0.39 is 11.7 Å². The lowest BCUT2D eigenvalue weighted by molar-refractivity contribution is -0.0488. The summed E-state index contributed by atoms with van der Waals surface area (Å²) in [4.78, 5) is 26.3. The summed E-state index contributed by atoms with van der Waals surface area (Å²) in [6.45, 7) is 1.11. The molecule has 0 unspecified atom stereocenters. The lowest BCUT2D eigenvalue weighted by atomic mass is 10.4. The van der Waals surface area contributed by atoms with Crippen molar-refractivity contribution in [2.75, 3.05) is 13.2 Å². The number of rotatable bonds is 6. The zero-order valence-corrected chi connectivity index (χ0v) is 10.9. The molecule has 0 bridgehead atoms. The molecule has 2 rings (SSSR count). The molecule has 3 N–H and O–H groups in total. The molecule has 0 aliphatic rings. The molecule has 9 nitrogen and oxygen atoms in total. The summed E-state index contributed by atoms with van der Waals surface area (Å²) in [6.07, 6.45) is 2.22. The van der Waals surface area contributed by atoms with Gasteiger partial charge in [0.25, 0.3) is 5.56 Å². The third kappa shape index (κ3) is 2.90. The largest absolute Gasteiger partial charge is 0.394 e. The van der Waals surface area contributed by atoms with Gasteiger partial charge in [-0.15, -0.1) is 0 Å². The van der Waals surface area contributed by atoms with Crippen molar-refractivity contribution in [1.29, 1.82) is 0 Å². The minimum atomic E-state index is -0.692. The number of aromatic nitrogens is 4. The number of aliphatic hydroxyl groups excluding tert-OH is 2. The summed E-state index contributed by atoms with van der Waals surface area (Å²) < 4.78 is 6.76. The molecule has 0 aliphatic heterocycles. The zero-order valence-electron chi connectivity index (χ0n) is 10.9. The molecule has 0 amide bonds. The normalized spacial score (nSPS) is 12.0. The lowest BCUT2D eigenvalue weighted by Crippen LogP contribution is -2.23. The van der Waals surface area contributed by atoms with Crippen LogP contribution in [0.5, 0.6) is 0 Å². The Morgan fingerprint density at radius 3 is 2.95 bits per heavy atom. The third-order valence-electron chi connectivity index (χ3n) is 2.57. The maximum Gasteiger partial charge on any atom is 0.280 e. The minimum absolute atomic E-state index is 0.00796. The van der Waals surface area contributed by atoms with Crippen molar-refractivity contribution in [3.8, 4) is 0 Å². The number of hydrogen-bond acceptors (Lipinski definition) is 7. The Morgan fingerprint density at radius 2 is 2.30 bits per heavy atom. The van der Waals surface area contributed by atoms with Gasteiger partial charge in [0.2, 0.25) is 5.95 Å². The number of aliphatic hydroxyl groups is 2. The molecule has 0 atom stereocenters. The number of nitrogens with zero attached hydrogens (tertiary/aromatic N) is 4. The Hall–Kier alpha value is -2.10. The summed E-state index contributed by atoms with van der Waals surface area (Å²) in [6, 6.07) is 0. The molecule has 2 aromatic heterocycles. The molecule has 9 heteroatoms. The van der Waals surface area contributed by atoms with Gasteiger partial charge in [-0.2, -0.15) is 4.98 Å². The molecule has 0 fully saturated rings. The van der Waals surface area contributed by atoms with Gasteiger partial charge in [-0.25, -0.2) is 9.98 Å². The van der Waals surface area contributed by atoms with E-state index in [0.29, 0.717) is 5.65 Å². The topological polar surface area (TPSA) is 126 Å². The van der Waals surface area contributed by atoms with Gasteiger partial charge in [0.15, 0.2) is 11.2 Å². The predicted octanol–water partition coefficient (Wildman–Crippen LogP) is -0.831. The van der Waals surface area contributed by atoms with Gasteiger partial charge >= 0.3 is 0 Å². The second-order valence-electron chi connectivity index (χ2n) is 3.95. The second-order valence-corrected chi connectivity index (χ2v) is 3.95. The fraction of sp³-hybridized carbons (Fsp3) is 0.455. The summed E-state index contributed by atoms with van der Waals surface area (Å²) in [7, 11) is 0. The van der Waals surface area contributed by atoms with Gasteiger partial charge in [-0.3, -0.25) is 14.3 Å². The number of ether oxygens (including phenoxy) is 1. The van der Waals surface area contributed by atoms with Crippen molar-refractivity contribution in [1.82, 2.24) is 19.5 Å². The Bertz CT molecular complexity index is 658. The molecule has 108 valence electrons. The van der Waals surface area contributed by atoms with Crippen molar-refractivity contribution in [2.45, 2.75) is 19.8 Å². The number of nitrogens with one attached hydrogen (secondary N) is 1. The van der Waals surface area contributed by atoms with Gasteiger partial charge in [0, 0.05) is 6.21 Å². The quantitative estimate of drug-likeness (QED) is 0.593. The van der Waals surface area contributed by atoms with Crippen molar-refractivity contribution < 1.29 is 14.9 Å². The lowest BCUT2D eigenvalue weighted by Gasteiger charge is -2.12. The Labute approximate surface area is 113 Å². The first-order valence-corrected chi connectivity index (χ1v) is 5.96. The summed E-state index contributed by atoms with van der Waals surface area (Å²) in [5, 5.41) is 17.9. The predicted molar refractivity (Wildman–Crippen MR) is 71.0 cm³/mol. The fourth-order valence-corrected chi connectivity index (χ4v) is 1.57. The van der Waals surface area contributed by atoms with Crippen LogP contribution in [0.1, 0.15) is 6.92 Å². The van der Waals surface area contributed by atoms with E-state index in [-0.39, 0.29) is 31.4 Å². The van der Waals surface area contributed by atoms with Crippen LogP contribution in [0.15, 0.2) is 16.1 Å². The molecule has 0 aromatic carbocycles. The molecule has 0 saturated heterocycles. The summed E-state index contributed by atoms with van der Waals surface area (Å²) in [5.41, 5.74) is 0.104. The highest BCUT2D eigenvalue weighted by Crippen LogP contribution is 2.10. The Kier molecular flexibility index (Phi) is 4.56. The van der Waals surface area contributed by atoms with E-state index >= 15 is 0 Å². The SMILES string of the molecule is CC=Nc1nc2c(ncn2COC(CO)CO)c(=O)[nH]1. The maximum atomic E-state index is 11.8. The number of H-pyrrole nitrogens is 1. The molecule has 2 heterocycles. The molecule has 20 heavy (non-hydrogen) atoms. The first-order chi connectivity index (χ1) is 9.69. The van der Waals surface area contributed by atoms with Gasteiger partial charge in [-0.05, 0) is 6.92 Å². The van der Waals surface area contributed by atoms with E-state index in [1.807, 2.05) is 0 Å². The standard InChI is InChI=1S/C11H15N5O4/c1-2-12-11-14-9-8(10(19)15-11)13-5-16(9)6-20-7(3-17)4-18/h2,5,7,17-18H,3-4,6H2,1H3,(H,14,15,19). The van der Waals surface area contributed by atoms with Crippen LogP contribution in [0, 0.1) is 0 Å². The molecular weight excluding hydrogens is 266 g/mol. The van der Waals surface area contributed by atoms with E-state index in [1.54, 1.807) is 6.92 Å². The van der Waals surface area contributed by atoms with Crippen LogP contribution in [0.4, 0.5) is 5.95 Å². The Morgan fingerprint density at radius 1 is 1.55 bits per heavy atom. The summed E-state index contributed by atoms with van der Waals surface area (Å²) >= 11 is 0. The van der Waals surface area contributed by atoms with Crippen molar-refractivity contribution in [3.05, 3.63) is 16.7 Å². The highest BCUT2D eigenvalue weighted by atomic mass is 16.5. The number of aliphatic imine (C=N–C) groups is 1. The van der Waals surface area contributed by atoms with E-state index in [2.05, 4.69) is 19.9 Å². The van der Waals surface area contributed by atoms with Crippen molar-refractivity contribution in [3.63, 3.8) is 0 Å². The molecule has 0 aliphatic carbocycles. The summed E-state index contributed by atoms with van der Waals surface area (Å²) in [5.74, 6) is 0.174. The van der Waals surface area contributed by atoms with Gasteiger partial charge in [0.1, 0.15) is 12.8 Å².